The van der Waals surface area contributed by atoms with Crippen LogP contribution in [0.15, 0.2) is 24.3 Å². The van der Waals surface area contributed by atoms with Gasteiger partial charge >= 0.3 is 0 Å². The SMILES string of the molecule is Cc1nn(-c2ccc(Cl)cc2)c(C)c1CC(=O)N(C)CCC(N)C(C)C.Cl. The van der Waals surface area contributed by atoms with Crippen LogP contribution in [0.1, 0.15) is 37.2 Å². The average Bonchev–Trinajstić information content (AvgIpc) is 2.87. The van der Waals surface area contributed by atoms with Crippen molar-refractivity contribution < 1.29 is 4.79 Å². The van der Waals surface area contributed by atoms with Gasteiger partial charge in [0.05, 0.1) is 17.8 Å². The Morgan fingerprint density at radius 3 is 2.41 bits per heavy atom. The molecule has 0 fully saturated rings. The van der Waals surface area contributed by atoms with Crippen molar-refractivity contribution in [2.75, 3.05) is 13.6 Å². The second-order valence-corrected chi connectivity index (χ2v) is 7.66. The number of amides is 1. The van der Waals surface area contributed by atoms with Crippen LogP contribution in [0.2, 0.25) is 5.02 Å². The second kappa shape index (κ2) is 10.1. The van der Waals surface area contributed by atoms with Gasteiger partial charge in [0.1, 0.15) is 0 Å². The van der Waals surface area contributed by atoms with Crippen LogP contribution in [-0.2, 0) is 11.2 Å². The van der Waals surface area contributed by atoms with Crippen LogP contribution >= 0.6 is 24.0 Å². The molecular weight excluding hydrogens is 383 g/mol. The molecule has 1 aromatic heterocycles. The average molecular weight is 413 g/mol. The highest BCUT2D eigenvalue weighted by Crippen LogP contribution is 2.20. The van der Waals surface area contributed by atoms with Crippen LogP contribution in [0.25, 0.3) is 5.69 Å². The van der Waals surface area contributed by atoms with Crippen molar-refractivity contribution >= 4 is 29.9 Å². The first-order chi connectivity index (χ1) is 12.2. The topological polar surface area (TPSA) is 64.2 Å². The summed E-state index contributed by atoms with van der Waals surface area (Å²) in [4.78, 5) is 14.4. The van der Waals surface area contributed by atoms with Crippen LogP contribution in [0.4, 0.5) is 0 Å². The minimum atomic E-state index is 0. The van der Waals surface area contributed by atoms with Crippen LogP contribution in [-0.4, -0.2) is 40.2 Å². The number of halogens is 2. The predicted molar refractivity (Wildman–Crippen MR) is 114 cm³/mol. The molecule has 5 nitrogen and oxygen atoms in total. The second-order valence-electron chi connectivity index (χ2n) is 7.23. The number of aromatic nitrogens is 2. The van der Waals surface area contributed by atoms with E-state index >= 15 is 0 Å². The molecule has 1 unspecified atom stereocenters. The molecule has 1 heterocycles. The van der Waals surface area contributed by atoms with Gasteiger partial charge in [-0.1, -0.05) is 25.4 Å². The monoisotopic (exact) mass is 412 g/mol. The third-order valence-electron chi connectivity index (χ3n) is 4.92. The number of likely N-dealkylation sites (N-methyl/N-ethyl adjacent to an activating group) is 1. The minimum absolute atomic E-state index is 0. The van der Waals surface area contributed by atoms with Gasteiger partial charge in [-0.25, -0.2) is 4.68 Å². The van der Waals surface area contributed by atoms with Crippen LogP contribution in [0, 0.1) is 19.8 Å². The number of carbonyl (C=O) groups is 1. The van der Waals surface area contributed by atoms with Crippen molar-refractivity contribution in [3.63, 3.8) is 0 Å². The molecule has 0 aliphatic rings. The molecule has 2 N–H and O–H groups in total. The van der Waals surface area contributed by atoms with Gasteiger partial charge in [0.2, 0.25) is 5.91 Å². The number of nitrogens with zero attached hydrogens (tertiary/aromatic N) is 3. The zero-order chi connectivity index (χ0) is 19.4. The molecule has 1 amide bonds. The lowest BCUT2D eigenvalue weighted by Crippen LogP contribution is -2.35. The van der Waals surface area contributed by atoms with Crippen molar-refractivity contribution in [3.8, 4) is 5.69 Å². The van der Waals surface area contributed by atoms with E-state index in [0.29, 0.717) is 23.9 Å². The molecule has 0 radical (unpaired) electrons. The molecule has 7 heteroatoms. The van der Waals surface area contributed by atoms with Crippen molar-refractivity contribution in [2.24, 2.45) is 11.7 Å². The fraction of sp³-hybridized carbons (Fsp3) is 0.500. The Balaban J connectivity index is 0.00000364. The smallest absolute Gasteiger partial charge is 0.226 e. The van der Waals surface area contributed by atoms with Crippen molar-refractivity contribution in [1.82, 2.24) is 14.7 Å². The Morgan fingerprint density at radius 1 is 1.26 bits per heavy atom. The summed E-state index contributed by atoms with van der Waals surface area (Å²) in [5, 5.41) is 5.29. The van der Waals surface area contributed by atoms with Crippen molar-refractivity contribution in [3.05, 3.63) is 46.2 Å². The largest absolute Gasteiger partial charge is 0.345 e. The van der Waals surface area contributed by atoms with Crippen LogP contribution in [0.5, 0.6) is 0 Å². The minimum Gasteiger partial charge on any atom is -0.345 e. The molecule has 2 aromatic rings. The Morgan fingerprint density at radius 2 is 1.85 bits per heavy atom. The van der Waals surface area contributed by atoms with Gasteiger partial charge in [-0.3, -0.25) is 4.79 Å². The first kappa shape index (κ1) is 23.5. The summed E-state index contributed by atoms with van der Waals surface area (Å²) in [6.45, 7) is 8.80. The fourth-order valence-electron chi connectivity index (χ4n) is 2.85. The summed E-state index contributed by atoms with van der Waals surface area (Å²) in [6.07, 6.45) is 1.15. The molecule has 27 heavy (non-hydrogen) atoms. The Bertz CT molecular complexity index is 756. The van der Waals surface area contributed by atoms with E-state index in [1.165, 1.54) is 0 Å². The van der Waals surface area contributed by atoms with E-state index in [1.54, 1.807) is 4.90 Å². The van der Waals surface area contributed by atoms with E-state index in [-0.39, 0.29) is 24.4 Å². The predicted octanol–water partition coefficient (Wildman–Crippen LogP) is 3.94. The first-order valence-corrected chi connectivity index (χ1v) is 9.39. The normalized spacial score (nSPS) is 12.0. The van der Waals surface area contributed by atoms with Gasteiger partial charge in [-0.2, -0.15) is 5.10 Å². The summed E-state index contributed by atoms with van der Waals surface area (Å²) in [7, 11) is 1.84. The van der Waals surface area contributed by atoms with E-state index in [2.05, 4.69) is 18.9 Å². The third-order valence-corrected chi connectivity index (χ3v) is 5.17. The highest BCUT2D eigenvalue weighted by Gasteiger charge is 2.19. The van der Waals surface area contributed by atoms with Gasteiger partial charge in [0, 0.05) is 35.9 Å². The highest BCUT2D eigenvalue weighted by molar-refractivity contribution is 6.30. The maximum atomic E-state index is 12.6. The van der Waals surface area contributed by atoms with E-state index < -0.39 is 0 Å². The maximum absolute atomic E-state index is 12.6. The quantitative estimate of drug-likeness (QED) is 0.748. The Labute approximate surface area is 173 Å². The van der Waals surface area contributed by atoms with Crippen LogP contribution < -0.4 is 5.73 Å². The number of benzene rings is 1. The van der Waals surface area contributed by atoms with Crippen LogP contribution in [0.3, 0.4) is 0 Å². The first-order valence-electron chi connectivity index (χ1n) is 9.01. The number of hydrogen-bond donors (Lipinski definition) is 1. The summed E-state index contributed by atoms with van der Waals surface area (Å²) < 4.78 is 1.86. The maximum Gasteiger partial charge on any atom is 0.226 e. The van der Waals surface area contributed by atoms with E-state index in [4.69, 9.17) is 17.3 Å². The molecule has 0 spiro atoms. The molecular formula is C20H30Cl2N4O. The van der Waals surface area contributed by atoms with E-state index in [1.807, 2.05) is 49.8 Å². The molecule has 0 aliphatic carbocycles. The van der Waals surface area contributed by atoms with E-state index in [9.17, 15) is 4.79 Å². The number of rotatable bonds is 7. The standard InChI is InChI=1S/C20H29ClN4O.ClH/c1-13(2)19(22)10-11-24(5)20(26)12-18-14(3)23-25(15(18)4)17-8-6-16(21)7-9-17;/h6-9,13,19H,10-12,22H2,1-5H3;1H. The number of carbonyl (C=O) groups excluding carboxylic acids is 1. The van der Waals surface area contributed by atoms with Gasteiger partial charge in [-0.15, -0.1) is 12.4 Å². The number of nitrogens with two attached hydrogens (primary N) is 1. The summed E-state index contributed by atoms with van der Waals surface area (Å²) >= 11 is 5.96. The molecule has 1 atom stereocenters. The zero-order valence-corrected chi connectivity index (χ0v) is 18.3. The van der Waals surface area contributed by atoms with Gasteiger partial charge in [0.15, 0.2) is 0 Å². The zero-order valence-electron chi connectivity index (χ0n) is 16.7. The van der Waals surface area contributed by atoms with Crippen molar-refractivity contribution in [1.29, 1.82) is 0 Å². The molecule has 0 aliphatic heterocycles. The molecule has 2 rings (SSSR count). The highest BCUT2D eigenvalue weighted by atomic mass is 35.5. The van der Waals surface area contributed by atoms with Crippen molar-refractivity contribution in [2.45, 2.75) is 46.6 Å². The Kier molecular flexibility index (Phi) is 8.79. The third kappa shape index (κ3) is 5.96. The van der Waals surface area contributed by atoms with Gasteiger partial charge in [0.25, 0.3) is 0 Å². The Hall–Kier alpha value is -1.56. The molecule has 150 valence electrons. The number of aryl methyl sites for hydroxylation is 1. The summed E-state index contributed by atoms with van der Waals surface area (Å²) in [5.41, 5.74) is 9.85. The molecule has 0 saturated carbocycles. The lowest BCUT2D eigenvalue weighted by Gasteiger charge is -2.21. The lowest BCUT2D eigenvalue weighted by atomic mass is 10.0. The lowest BCUT2D eigenvalue weighted by molar-refractivity contribution is -0.129. The molecule has 0 bridgehead atoms. The number of hydrogen-bond acceptors (Lipinski definition) is 3. The summed E-state index contributed by atoms with van der Waals surface area (Å²) in [5.74, 6) is 0.503. The van der Waals surface area contributed by atoms with E-state index in [0.717, 1.165) is 29.1 Å². The fourth-order valence-corrected chi connectivity index (χ4v) is 2.98. The molecule has 1 aromatic carbocycles. The van der Waals surface area contributed by atoms with Gasteiger partial charge < -0.3 is 10.6 Å². The molecule has 0 saturated heterocycles. The van der Waals surface area contributed by atoms with Gasteiger partial charge in [-0.05, 0) is 50.5 Å². The summed E-state index contributed by atoms with van der Waals surface area (Å²) in [6, 6.07) is 7.63.